The maximum atomic E-state index is 13.2. The third kappa shape index (κ3) is 4.66. The second-order valence-electron chi connectivity index (χ2n) is 5.62. The van der Waals surface area contributed by atoms with Crippen molar-refractivity contribution >= 4 is 0 Å². The summed E-state index contributed by atoms with van der Waals surface area (Å²) in [6.45, 7) is 3.70. The molecule has 0 heterocycles. The van der Waals surface area contributed by atoms with Gasteiger partial charge in [-0.25, -0.2) is 4.39 Å². The quantitative estimate of drug-likeness (QED) is 0.878. The van der Waals surface area contributed by atoms with Crippen LogP contribution in [0.25, 0.3) is 0 Å². The van der Waals surface area contributed by atoms with Crippen LogP contribution in [0.5, 0.6) is 0 Å². The van der Waals surface area contributed by atoms with Crippen LogP contribution in [0.3, 0.4) is 0 Å². The van der Waals surface area contributed by atoms with Crippen molar-refractivity contribution in [3.05, 3.63) is 71.0 Å². The lowest BCUT2D eigenvalue weighted by molar-refractivity contribution is 0.311. The minimum absolute atomic E-state index is 0.0427. The molecule has 1 atom stereocenters. The van der Waals surface area contributed by atoms with Crippen molar-refractivity contribution in [3.8, 4) is 0 Å². The zero-order chi connectivity index (χ0) is 15.2. The molecule has 2 aromatic rings. The van der Waals surface area contributed by atoms with E-state index in [1.807, 2.05) is 25.2 Å². The molecule has 1 unspecified atom stereocenters. The van der Waals surface area contributed by atoms with Gasteiger partial charge in [0, 0.05) is 12.6 Å². The first-order valence-electron chi connectivity index (χ1n) is 7.30. The van der Waals surface area contributed by atoms with Crippen molar-refractivity contribution in [1.82, 2.24) is 4.90 Å². The highest BCUT2D eigenvalue weighted by molar-refractivity contribution is 5.28. The molecule has 0 saturated carbocycles. The largest absolute Gasteiger partial charge is 0.324 e. The van der Waals surface area contributed by atoms with E-state index < -0.39 is 0 Å². The van der Waals surface area contributed by atoms with Gasteiger partial charge >= 0.3 is 0 Å². The van der Waals surface area contributed by atoms with E-state index in [0.29, 0.717) is 0 Å². The fraction of sp³-hybridized carbons (Fsp3) is 0.333. The molecule has 0 aliphatic heterocycles. The molecule has 0 aliphatic carbocycles. The lowest BCUT2D eigenvalue weighted by Gasteiger charge is -2.20. The Balaban J connectivity index is 1.86. The third-order valence-corrected chi connectivity index (χ3v) is 3.75. The van der Waals surface area contributed by atoms with Gasteiger partial charge in [-0.05, 0) is 55.8 Å². The summed E-state index contributed by atoms with van der Waals surface area (Å²) in [6.07, 6.45) is 0.886. The molecule has 2 aromatic carbocycles. The molecule has 0 radical (unpaired) electrons. The van der Waals surface area contributed by atoms with E-state index in [0.717, 1.165) is 25.1 Å². The Kier molecular flexibility index (Phi) is 5.48. The fourth-order valence-electron chi connectivity index (χ4n) is 2.54. The number of hydrogen-bond acceptors (Lipinski definition) is 2. The molecule has 0 fully saturated rings. The van der Waals surface area contributed by atoms with Gasteiger partial charge in [-0.3, -0.25) is 0 Å². The predicted octanol–water partition coefficient (Wildman–Crippen LogP) is 3.66. The van der Waals surface area contributed by atoms with Gasteiger partial charge in [0.05, 0.1) is 0 Å². The van der Waals surface area contributed by atoms with Crippen molar-refractivity contribution in [1.29, 1.82) is 0 Å². The van der Waals surface area contributed by atoms with E-state index in [1.165, 1.54) is 17.2 Å². The molecule has 2 N–H and O–H groups in total. The fourth-order valence-corrected chi connectivity index (χ4v) is 2.54. The summed E-state index contributed by atoms with van der Waals surface area (Å²) < 4.78 is 13.2. The molecule has 112 valence electrons. The highest BCUT2D eigenvalue weighted by Gasteiger charge is 2.10. The van der Waals surface area contributed by atoms with Crippen LogP contribution in [0.15, 0.2) is 48.5 Å². The van der Waals surface area contributed by atoms with Crippen LogP contribution in [0.2, 0.25) is 0 Å². The van der Waals surface area contributed by atoms with Crippen molar-refractivity contribution < 1.29 is 4.39 Å². The van der Waals surface area contributed by atoms with E-state index in [1.54, 1.807) is 12.1 Å². The van der Waals surface area contributed by atoms with Gasteiger partial charge in [0.1, 0.15) is 5.82 Å². The lowest BCUT2D eigenvalue weighted by atomic mass is 9.99. The second-order valence-corrected chi connectivity index (χ2v) is 5.62. The van der Waals surface area contributed by atoms with Crippen LogP contribution in [-0.4, -0.2) is 18.5 Å². The molecule has 0 bridgehead atoms. The first-order valence-corrected chi connectivity index (χ1v) is 7.30. The van der Waals surface area contributed by atoms with Crippen LogP contribution in [0.4, 0.5) is 4.39 Å². The highest BCUT2D eigenvalue weighted by atomic mass is 19.1. The normalized spacial score (nSPS) is 12.6. The van der Waals surface area contributed by atoms with Gasteiger partial charge in [-0.1, -0.05) is 36.4 Å². The zero-order valence-corrected chi connectivity index (χ0v) is 12.7. The molecule has 0 amide bonds. The Morgan fingerprint density at radius 1 is 1.14 bits per heavy atom. The summed E-state index contributed by atoms with van der Waals surface area (Å²) in [5.41, 5.74) is 9.70. The van der Waals surface area contributed by atoms with Gasteiger partial charge in [-0.2, -0.15) is 0 Å². The Hall–Kier alpha value is -1.71. The topological polar surface area (TPSA) is 29.3 Å². The summed E-state index contributed by atoms with van der Waals surface area (Å²) in [6, 6.07) is 15.0. The first kappa shape index (κ1) is 15.7. The average Bonchev–Trinajstić information content (AvgIpc) is 2.45. The molecular formula is C18H23FN2. The van der Waals surface area contributed by atoms with Crippen LogP contribution in [-0.2, 0) is 6.54 Å². The smallest absolute Gasteiger partial charge is 0.123 e. The summed E-state index contributed by atoms with van der Waals surface area (Å²) in [4.78, 5) is 2.17. The molecule has 2 nitrogen and oxygen atoms in total. The monoisotopic (exact) mass is 286 g/mol. The minimum atomic E-state index is -0.183. The SMILES string of the molecule is Cc1ccccc1C(N)CCN(C)Cc1cccc(F)c1. The van der Waals surface area contributed by atoms with E-state index in [2.05, 4.69) is 24.0 Å². The number of halogens is 1. The number of nitrogens with zero attached hydrogens (tertiary/aromatic N) is 1. The maximum absolute atomic E-state index is 13.2. The Morgan fingerprint density at radius 3 is 2.62 bits per heavy atom. The Bertz CT molecular complexity index is 583. The molecule has 0 aromatic heterocycles. The van der Waals surface area contributed by atoms with Gasteiger partial charge in [0.15, 0.2) is 0 Å². The standard InChI is InChI=1S/C18H23FN2/c1-14-6-3-4-9-17(14)18(20)10-11-21(2)13-15-7-5-8-16(19)12-15/h3-9,12,18H,10-11,13,20H2,1-2H3. The third-order valence-electron chi connectivity index (χ3n) is 3.75. The number of aryl methyl sites for hydroxylation is 1. The van der Waals surface area contributed by atoms with Gasteiger partial charge in [0.2, 0.25) is 0 Å². The van der Waals surface area contributed by atoms with E-state index in [4.69, 9.17) is 5.73 Å². The highest BCUT2D eigenvalue weighted by Crippen LogP contribution is 2.18. The van der Waals surface area contributed by atoms with Crippen LogP contribution in [0.1, 0.15) is 29.2 Å². The molecule has 0 aliphatic rings. The number of hydrogen-bond donors (Lipinski definition) is 1. The summed E-state index contributed by atoms with van der Waals surface area (Å²) in [7, 11) is 2.04. The van der Waals surface area contributed by atoms with Crippen molar-refractivity contribution in [2.45, 2.75) is 25.9 Å². The molecule has 3 heteroatoms. The average molecular weight is 286 g/mol. The zero-order valence-electron chi connectivity index (χ0n) is 12.7. The van der Waals surface area contributed by atoms with Crippen molar-refractivity contribution in [3.63, 3.8) is 0 Å². The summed E-state index contributed by atoms with van der Waals surface area (Å²) >= 11 is 0. The van der Waals surface area contributed by atoms with Crippen LogP contribution >= 0.6 is 0 Å². The number of nitrogens with two attached hydrogens (primary N) is 1. The minimum Gasteiger partial charge on any atom is -0.324 e. The Morgan fingerprint density at radius 2 is 1.90 bits per heavy atom. The molecule has 2 rings (SSSR count). The molecule has 0 saturated heterocycles. The lowest BCUT2D eigenvalue weighted by Crippen LogP contribution is -2.23. The molecule has 21 heavy (non-hydrogen) atoms. The molecule has 0 spiro atoms. The van der Waals surface area contributed by atoms with E-state index >= 15 is 0 Å². The maximum Gasteiger partial charge on any atom is 0.123 e. The van der Waals surface area contributed by atoms with E-state index in [9.17, 15) is 4.39 Å². The van der Waals surface area contributed by atoms with Crippen LogP contribution in [0, 0.1) is 12.7 Å². The number of benzene rings is 2. The molecular weight excluding hydrogens is 263 g/mol. The van der Waals surface area contributed by atoms with Gasteiger partial charge in [-0.15, -0.1) is 0 Å². The number of rotatable bonds is 6. The van der Waals surface area contributed by atoms with Gasteiger partial charge < -0.3 is 10.6 Å². The van der Waals surface area contributed by atoms with Gasteiger partial charge in [0.25, 0.3) is 0 Å². The summed E-state index contributed by atoms with van der Waals surface area (Å²) in [5.74, 6) is -0.183. The predicted molar refractivity (Wildman–Crippen MR) is 85.5 cm³/mol. The van der Waals surface area contributed by atoms with E-state index in [-0.39, 0.29) is 11.9 Å². The van der Waals surface area contributed by atoms with Crippen molar-refractivity contribution in [2.75, 3.05) is 13.6 Å². The first-order chi connectivity index (χ1) is 10.1. The van der Waals surface area contributed by atoms with Crippen molar-refractivity contribution in [2.24, 2.45) is 5.73 Å². The van der Waals surface area contributed by atoms with Crippen LogP contribution < -0.4 is 5.73 Å². The Labute approximate surface area is 126 Å². The second kappa shape index (κ2) is 7.34. The summed E-state index contributed by atoms with van der Waals surface area (Å²) in [5, 5.41) is 0.